The van der Waals surface area contributed by atoms with Gasteiger partial charge in [-0.2, -0.15) is 25.3 Å². The van der Waals surface area contributed by atoms with Gasteiger partial charge >= 0.3 is 0 Å². The number of primary amides is 1. The Morgan fingerprint density at radius 3 is 1.87 bits per heavy atom. The maximum atomic E-state index is 14.7. The Hall–Kier alpha value is -8.54. The number of carbonyl (C=O) groups is 14. The number of likely N-dealkylation sites (tertiary alicyclic amines) is 2. The average Bonchev–Trinajstić information content (AvgIpc) is 1.74. The van der Waals surface area contributed by atoms with Crippen molar-refractivity contribution in [1.82, 2.24) is 62.3 Å². The third-order valence-corrected chi connectivity index (χ3v) is 19.1. The number of hydrogen-bond acceptors (Lipinski definition) is 21. The molecule has 0 spiro atoms. The number of aromatic amines is 1. The lowest BCUT2D eigenvalue weighted by molar-refractivity contribution is -0.142. The van der Waals surface area contributed by atoms with Crippen LogP contribution < -0.4 is 71.2 Å². The van der Waals surface area contributed by atoms with E-state index < -0.39 is 181 Å². The van der Waals surface area contributed by atoms with E-state index in [2.05, 4.69) is 82.8 Å². The zero-order chi connectivity index (χ0) is 77.7. The van der Waals surface area contributed by atoms with Gasteiger partial charge in [-0.15, -0.1) is 0 Å². The molecule has 4 rings (SSSR count). The van der Waals surface area contributed by atoms with Crippen LogP contribution in [0, 0.1) is 23.7 Å². The quantitative estimate of drug-likeness (QED) is 0.0146. The van der Waals surface area contributed by atoms with E-state index in [4.69, 9.17) is 28.7 Å². The Morgan fingerprint density at radius 2 is 1.25 bits per heavy atom. The van der Waals surface area contributed by atoms with Gasteiger partial charge in [0.25, 0.3) is 0 Å². The van der Waals surface area contributed by atoms with Gasteiger partial charge in [0, 0.05) is 87.6 Å². The number of H-pyrrole nitrogens is 1. The van der Waals surface area contributed by atoms with Crippen molar-refractivity contribution in [1.29, 1.82) is 0 Å². The Balaban J connectivity index is 1.41. The fourth-order valence-electron chi connectivity index (χ4n) is 12.4. The molecule has 0 bridgehead atoms. The molecule has 105 heavy (non-hydrogen) atoms. The maximum Gasteiger partial charge on any atom is 0.245 e. The van der Waals surface area contributed by atoms with Crippen LogP contribution in [-0.2, 0) is 80.0 Å². The third kappa shape index (κ3) is 30.8. The molecule has 1 unspecified atom stereocenters. The number of aliphatic hydroxyl groups excluding tert-OH is 1. The molecule has 12 atom stereocenters. The molecule has 1 aromatic carbocycles. The molecular formula is C70H112N18O15S2. The summed E-state index contributed by atoms with van der Waals surface area (Å²) in [7, 11) is 0. The van der Waals surface area contributed by atoms with Crippen molar-refractivity contribution in [2.45, 2.75) is 210 Å². The predicted octanol–water partition coefficient (Wildman–Crippen LogP) is -2.07. The van der Waals surface area contributed by atoms with E-state index >= 15 is 0 Å². The number of aliphatic hydroxyl groups is 1. The van der Waals surface area contributed by atoms with Crippen molar-refractivity contribution in [2.24, 2.45) is 57.3 Å². The van der Waals surface area contributed by atoms with E-state index in [1.165, 1.54) is 29.2 Å². The van der Waals surface area contributed by atoms with Crippen LogP contribution in [0.3, 0.4) is 0 Å². The van der Waals surface area contributed by atoms with Gasteiger partial charge < -0.3 is 91.1 Å². The Labute approximate surface area is 624 Å². The van der Waals surface area contributed by atoms with Gasteiger partial charge in [0.15, 0.2) is 23.3 Å². The number of hydrogen-bond donors (Lipinski definition) is 17. The van der Waals surface area contributed by atoms with Crippen molar-refractivity contribution in [2.75, 3.05) is 57.4 Å². The standard InChI is InChI=1S/C70H112N18O15S2/c1-5-6-18-48(65(99)77-27-24-43-15-8-7-9-16-43)82-68(102)55-21-14-28-87(55)60(94)36-79-62(96)44(17-10-11-25-71)31-57(91)53(39-105)86-63(97)45(37-89)32-56(90)51(30-41(2)3)84-64(98)46(38-104)33-58(92)54-20-13-29-88(54)69(103)50(19-12-26-78-70(74)75)83-66(100)49(22-23-59(73)93)81-67(101)52(85-61(95)42(4)72)34-47-35-76-40-80-47/h7-9,15-16,35,40-42,44-46,48-55,89,104-105H,5-6,10-14,17-34,36-39,71-72H2,1-4H3,(H2,73,93)(H,76,80)(H,77,99)(H,79,96)(H,81,101)(H,82,102)(H,83,100)(H,84,98)(H,85,95)(H,86,97)(H4,74,75,78)/t42-,44+,45-,46-,48?,49-,50-,51-,52-,53-,54-,55-/m0/s1. The molecule has 35 heteroatoms. The number of nitrogens with zero attached hydrogens (tertiary/aromatic N) is 4. The van der Waals surface area contributed by atoms with Crippen LogP contribution in [0.15, 0.2) is 47.8 Å². The van der Waals surface area contributed by atoms with Crippen molar-refractivity contribution in [3.05, 3.63) is 54.1 Å². The minimum atomic E-state index is -1.49. The largest absolute Gasteiger partial charge is 0.396 e. The molecule has 0 aliphatic carbocycles. The number of thiol groups is 2. The summed E-state index contributed by atoms with van der Waals surface area (Å²) in [6.45, 7) is 6.54. The molecule has 2 aromatic rings. The summed E-state index contributed by atoms with van der Waals surface area (Å²) < 4.78 is 0. The van der Waals surface area contributed by atoms with Gasteiger partial charge in [-0.1, -0.05) is 70.4 Å². The van der Waals surface area contributed by atoms with Crippen molar-refractivity contribution < 1.29 is 72.2 Å². The number of guanidine groups is 1. The monoisotopic (exact) mass is 1510 g/mol. The molecule has 2 saturated heterocycles. The fraction of sp³-hybridized carbons (Fsp3) is 0.657. The first-order valence-corrected chi connectivity index (χ1v) is 37.5. The van der Waals surface area contributed by atoms with Crippen molar-refractivity contribution in [3.63, 3.8) is 0 Å². The molecule has 11 amide bonds. The van der Waals surface area contributed by atoms with Crippen LogP contribution >= 0.6 is 25.3 Å². The Bertz CT molecular complexity index is 3240. The number of unbranched alkanes of at least 4 members (excludes halogenated alkanes) is 2. The van der Waals surface area contributed by atoms with Gasteiger partial charge in [0.2, 0.25) is 65.0 Å². The van der Waals surface area contributed by atoms with Crippen LogP contribution in [0.2, 0.25) is 0 Å². The second kappa shape index (κ2) is 47.1. The highest BCUT2D eigenvalue weighted by molar-refractivity contribution is 7.80. The average molecular weight is 1510 g/mol. The molecule has 0 radical (unpaired) electrons. The summed E-state index contributed by atoms with van der Waals surface area (Å²) in [6, 6.07) is -0.919. The SMILES string of the molecule is CCCCC(NC(=O)[C@@H]1CCCN1C(=O)CNC(=O)[C@H](CCCCN)CC(=O)[C@H](CS)NC(=O)[C@H](CO)CC(=O)[C@H](CC(C)C)NC(=O)[C@H](CS)CC(=O)[C@@H]1CCCN1C(=O)[C@H](CCCN=C(N)N)NC(=O)[C@H](CCC(N)=O)NC(=O)[C@H](Cc1cnc[nH]1)NC(=O)[C@H](C)N)C(=O)NCCc1ccccc1. The number of nitrogens with two attached hydrogens (primary N) is 5. The summed E-state index contributed by atoms with van der Waals surface area (Å²) in [5, 5.41) is 32.0. The van der Waals surface area contributed by atoms with E-state index in [1.54, 1.807) is 13.8 Å². The molecule has 2 aliphatic rings. The van der Waals surface area contributed by atoms with Gasteiger partial charge in [-0.25, -0.2) is 4.98 Å². The first kappa shape index (κ1) is 88.9. The molecule has 2 aliphatic heterocycles. The van der Waals surface area contributed by atoms with Crippen LogP contribution in [0.4, 0.5) is 0 Å². The molecule has 584 valence electrons. The second-order valence-corrected chi connectivity index (χ2v) is 28.0. The molecule has 1 aromatic heterocycles. The molecular weight excluding hydrogens is 1400 g/mol. The van der Waals surface area contributed by atoms with Crippen molar-refractivity contribution >= 4 is 114 Å². The number of aromatic nitrogens is 2. The van der Waals surface area contributed by atoms with Crippen LogP contribution in [0.25, 0.3) is 0 Å². The van der Waals surface area contributed by atoms with Crippen LogP contribution in [0.1, 0.15) is 155 Å². The van der Waals surface area contributed by atoms with Gasteiger partial charge in [-0.05, 0) is 102 Å². The predicted molar refractivity (Wildman–Crippen MR) is 398 cm³/mol. The first-order chi connectivity index (χ1) is 50.0. The molecule has 0 saturated carbocycles. The van der Waals surface area contributed by atoms with E-state index in [-0.39, 0.29) is 107 Å². The van der Waals surface area contributed by atoms with Crippen molar-refractivity contribution in [3.8, 4) is 0 Å². The fourth-order valence-corrected chi connectivity index (χ4v) is 13.0. The zero-order valence-electron chi connectivity index (χ0n) is 60.8. The van der Waals surface area contributed by atoms with Gasteiger partial charge in [-0.3, -0.25) is 72.1 Å². The first-order valence-electron chi connectivity index (χ1n) is 36.2. The lowest BCUT2D eigenvalue weighted by atomic mass is 9.91. The molecule has 3 heterocycles. The normalized spacial score (nSPS) is 17.0. The maximum absolute atomic E-state index is 14.7. The number of aliphatic imine (C=N–C) groups is 1. The number of carbonyl (C=O) groups excluding carboxylic acids is 14. The number of amides is 11. The van der Waals surface area contributed by atoms with Gasteiger partial charge in [0.05, 0.1) is 55.5 Å². The minimum Gasteiger partial charge on any atom is -0.396 e. The van der Waals surface area contributed by atoms with Crippen LogP contribution in [-0.4, -0.2) is 225 Å². The third-order valence-electron chi connectivity index (χ3n) is 18.3. The number of nitrogens with one attached hydrogen (secondary N) is 9. The molecule has 33 nitrogen and oxygen atoms in total. The Kier molecular flexibility index (Phi) is 39.9. The van der Waals surface area contributed by atoms with Gasteiger partial charge in [0.1, 0.15) is 30.2 Å². The topological polar surface area (TPSA) is 533 Å². The summed E-state index contributed by atoms with van der Waals surface area (Å²) in [5.41, 5.74) is 29.6. The van der Waals surface area contributed by atoms with E-state index in [0.717, 1.165) is 12.0 Å². The van der Waals surface area contributed by atoms with E-state index in [9.17, 15) is 72.2 Å². The lowest BCUT2D eigenvalue weighted by Gasteiger charge is -2.31. The minimum absolute atomic E-state index is 0.0221. The van der Waals surface area contributed by atoms with E-state index in [1.807, 2.05) is 37.3 Å². The molecule has 20 N–H and O–H groups in total. The number of Topliss-reactive ketones (excluding diaryl/α,β-unsaturated/α-hetero) is 3. The summed E-state index contributed by atoms with van der Waals surface area (Å²) in [5.74, 6) is -14.0. The number of imidazole rings is 1. The lowest BCUT2D eigenvalue weighted by Crippen LogP contribution is -2.58. The van der Waals surface area contributed by atoms with E-state index in [0.29, 0.717) is 63.6 Å². The highest BCUT2D eigenvalue weighted by Gasteiger charge is 2.42. The number of ketones is 3. The highest BCUT2D eigenvalue weighted by atomic mass is 32.1. The smallest absolute Gasteiger partial charge is 0.245 e. The van der Waals surface area contributed by atoms with Crippen LogP contribution in [0.5, 0.6) is 0 Å². The Morgan fingerprint density at radius 1 is 0.638 bits per heavy atom. The highest BCUT2D eigenvalue weighted by Crippen LogP contribution is 2.26. The molecule has 2 fully saturated rings. The zero-order valence-corrected chi connectivity index (χ0v) is 62.6. The number of rotatable bonds is 50. The summed E-state index contributed by atoms with van der Waals surface area (Å²) in [6.07, 6.45) is 5.48. The number of benzene rings is 1. The second-order valence-electron chi connectivity index (χ2n) is 27.3. The summed E-state index contributed by atoms with van der Waals surface area (Å²) in [4.78, 5) is 207. The summed E-state index contributed by atoms with van der Waals surface area (Å²) >= 11 is 8.73.